The minimum atomic E-state index is 0.0673. The highest BCUT2D eigenvalue weighted by Gasteiger charge is 2.07. The summed E-state index contributed by atoms with van der Waals surface area (Å²) in [6.07, 6.45) is 0.432. The number of rotatable bonds is 4. The van der Waals surface area contributed by atoms with Crippen LogP contribution in [-0.4, -0.2) is 17.3 Å². The number of fused-ring (bicyclic) bond motifs is 1. The number of amides is 1. The van der Waals surface area contributed by atoms with Crippen LogP contribution < -0.4 is 5.32 Å². The zero-order valence-corrected chi connectivity index (χ0v) is 11.9. The summed E-state index contributed by atoms with van der Waals surface area (Å²) in [5.74, 6) is 0.0673. The van der Waals surface area contributed by atoms with E-state index in [9.17, 15) is 4.79 Å². The Morgan fingerprint density at radius 3 is 2.72 bits per heavy atom. The lowest BCUT2D eigenvalue weighted by atomic mass is 10.0. The molecule has 18 heavy (non-hydrogen) atoms. The molecule has 0 aliphatic carbocycles. The molecule has 1 N–H and O–H groups in total. The normalized spacial score (nSPS) is 12.3. The maximum Gasteiger partial charge on any atom is 0.224 e. The van der Waals surface area contributed by atoms with Crippen molar-refractivity contribution in [1.82, 2.24) is 5.32 Å². The first-order chi connectivity index (χ1) is 8.66. The topological polar surface area (TPSA) is 29.1 Å². The summed E-state index contributed by atoms with van der Waals surface area (Å²) in [6.45, 7) is 2.67. The minimum absolute atomic E-state index is 0.0673. The van der Waals surface area contributed by atoms with E-state index in [1.165, 1.54) is 5.39 Å². The highest BCUT2D eigenvalue weighted by Crippen LogP contribution is 2.18. The molecule has 0 aliphatic heterocycles. The molecule has 0 aliphatic rings. The van der Waals surface area contributed by atoms with E-state index in [1.807, 2.05) is 31.2 Å². The van der Waals surface area contributed by atoms with Crippen LogP contribution in [0, 0.1) is 0 Å². The van der Waals surface area contributed by atoms with Gasteiger partial charge in [-0.3, -0.25) is 4.79 Å². The monoisotopic (exact) mass is 305 g/mol. The van der Waals surface area contributed by atoms with Crippen molar-refractivity contribution in [1.29, 1.82) is 0 Å². The number of alkyl halides is 1. The van der Waals surface area contributed by atoms with Crippen molar-refractivity contribution in [3.63, 3.8) is 0 Å². The van der Waals surface area contributed by atoms with Gasteiger partial charge in [0.15, 0.2) is 0 Å². The Morgan fingerprint density at radius 1 is 1.22 bits per heavy atom. The standard InChI is InChI=1S/C15H16BrNO/c1-11(16)10-17-15(18)9-13-7-4-6-12-5-2-3-8-14(12)13/h2-8,11H,9-10H2,1H3,(H,17,18). The second kappa shape index (κ2) is 6.01. The first-order valence-electron chi connectivity index (χ1n) is 6.04. The van der Waals surface area contributed by atoms with Gasteiger partial charge in [0.05, 0.1) is 6.42 Å². The van der Waals surface area contributed by atoms with Crippen LogP contribution in [0.15, 0.2) is 42.5 Å². The van der Waals surface area contributed by atoms with Crippen LogP contribution in [0.5, 0.6) is 0 Å². The predicted octanol–water partition coefficient (Wildman–Crippen LogP) is 3.28. The Balaban J connectivity index is 2.14. The molecule has 2 nitrogen and oxygen atoms in total. The third-order valence-corrected chi connectivity index (χ3v) is 3.14. The lowest BCUT2D eigenvalue weighted by Crippen LogP contribution is -2.29. The number of hydrogen-bond donors (Lipinski definition) is 1. The molecular weight excluding hydrogens is 290 g/mol. The van der Waals surface area contributed by atoms with Gasteiger partial charge in [-0.2, -0.15) is 0 Å². The molecular formula is C15H16BrNO. The third-order valence-electron chi connectivity index (χ3n) is 2.81. The summed E-state index contributed by atoms with van der Waals surface area (Å²) in [6, 6.07) is 14.2. The van der Waals surface area contributed by atoms with Gasteiger partial charge >= 0.3 is 0 Å². The average molecular weight is 306 g/mol. The smallest absolute Gasteiger partial charge is 0.224 e. The zero-order valence-electron chi connectivity index (χ0n) is 10.3. The maximum absolute atomic E-state index is 11.8. The predicted molar refractivity (Wildman–Crippen MR) is 79.1 cm³/mol. The third kappa shape index (κ3) is 3.33. The van der Waals surface area contributed by atoms with Crippen LogP contribution in [0.2, 0.25) is 0 Å². The van der Waals surface area contributed by atoms with Crippen LogP contribution >= 0.6 is 15.9 Å². The van der Waals surface area contributed by atoms with Gasteiger partial charge in [0.2, 0.25) is 5.91 Å². The summed E-state index contributed by atoms with van der Waals surface area (Å²) in [4.78, 5) is 12.1. The Hall–Kier alpha value is -1.35. The number of benzene rings is 2. The molecule has 2 aromatic rings. The van der Waals surface area contributed by atoms with E-state index in [0.717, 1.165) is 10.9 Å². The molecule has 0 spiro atoms. The van der Waals surface area contributed by atoms with Crippen molar-refractivity contribution in [2.24, 2.45) is 0 Å². The number of carbonyl (C=O) groups is 1. The van der Waals surface area contributed by atoms with Gasteiger partial charge in [0.1, 0.15) is 0 Å². The first-order valence-corrected chi connectivity index (χ1v) is 6.96. The van der Waals surface area contributed by atoms with E-state index in [1.54, 1.807) is 0 Å². The minimum Gasteiger partial charge on any atom is -0.355 e. The summed E-state index contributed by atoms with van der Waals surface area (Å²) >= 11 is 3.41. The van der Waals surface area contributed by atoms with Gasteiger partial charge in [0, 0.05) is 11.4 Å². The van der Waals surface area contributed by atoms with Crippen molar-refractivity contribution in [2.75, 3.05) is 6.54 Å². The van der Waals surface area contributed by atoms with E-state index in [0.29, 0.717) is 17.8 Å². The lowest BCUT2D eigenvalue weighted by molar-refractivity contribution is -0.120. The van der Waals surface area contributed by atoms with E-state index in [4.69, 9.17) is 0 Å². The number of nitrogens with one attached hydrogen (secondary N) is 1. The molecule has 1 atom stereocenters. The molecule has 0 saturated carbocycles. The maximum atomic E-state index is 11.8. The van der Waals surface area contributed by atoms with Crippen LogP contribution in [0.3, 0.4) is 0 Å². The van der Waals surface area contributed by atoms with Gasteiger partial charge in [-0.1, -0.05) is 65.3 Å². The van der Waals surface area contributed by atoms with Crippen molar-refractivity contribution in [3.05, 3.63) is 48.0 Å². The molecule has 2 rings (SSSR count). The number of halogens is 1. The zero-order chi connectivity index (χ0) is 13.0. The van der Waals surface area contributed by atoms with Crippen LogP contribution in [0.25, 0.3) is 10.8 Å². The highest BCUT2D eigenvalue weighted by atomic mass is 79.9. The summed E-state index contributed by atoms with van der Waals surface area (Å²) < 4.78 is 0. The molecule has 0 fully saturated rings. The molecule has 1 amide bonds. The summed E-state index contributed by atoms with van der Waals surface area (Å²) in [5, 5.41) is 5.24. The molecule has 2 aromatic carbocycles. The Labute approximate surface area is 116 Å². The molecule has 0 heterocycles. The number of carbonyl (C=O) groups excluding carboxylic acids is 1. The van der Waals surface area contributed by atoms with Crippen molar-refractivity contribution in [3.8, 4) is 0 Å². The van der Waals surface area contributed by atoms with Crippen molar-refractivity contribution in [2.45, 2.75) is 18.2 Å². The van der Waals surface area contributed by atoms with Gasteiger partial charge in [-0.25, -0.2) is 0 Å². The SMILES string of the molecule is CC(Br)CNC(=O)Cc1cccc2ccccc12. The van der Waals surface area contributed by atoms with Crippen molar-refractivity contribution < 1.29 is 4.79 Å². The Morgan fingerprint density at radius 2 is 1.94 bits per heavy atom. The summed E-state index contributed by atoms with van der Waals surface area (Å²) in [7, 11) is 0. The molecule has 1 unspecified atom stereocenters. The van der Waals surface area contributed by atoms with Gasteiger partial charge in [-0.15, -0.1) is 0 Å². The number of hydrogen-bond acceptors (Lipinski definition) is 1. The molecule has 94 valence electrons. The van der Waals surface area contributed by atoms with E-state index < -0.39 is 0 Å². The molecule has 3 heteroatoms. The van der Waals surface area contributed by atoms with E-state index in [-0.39, 0.29) is 5.91 Å². The fourth-order valence-electron chi connectivity index (χ4n) is 1.94. The fraction of sp³-hybridized carbons (Fsp3) is 0.267. The first kappa shape index (κ1) is 13.1. The van der Waals surface area contributed by atoms with Crippen LogP contribution in [0.1, 0.15) is 12.5 Å². The average Bonchev–Trinajstić information content (AvgIpc) is 2.37. The Bertz CT molecular complexity index is 546. The molecule has 0 saturated heterocycles. The Kier molecular flexibility index (Phi) is 4.37. The van der Waals surface area contributed by atoms with Crippen molar-refractivity contribution >= 4 is 32.6 Å². The fourth-order valence-corrected chi connectivity index (χ4v) is 2.10. The van der Waals surface area contributed by atoms with E-state index >= 15 is 0 Å². The second-order valence-corrected chi connectivity index (χ2v) is 5.96. The second-order valence-electron chi connectivity index (χ2n) is 4.40. The van der Waals surface area contributed by atoms with E-state index in [2.05, 4.69) is 39.4 Å². The molecule has 0 radical (unpaired) electrons. The largest absolute Gasteiger partial charge is 0.355 e. The van der Waals surface area contributed by atoms with Gasteiger partial charge in [-0.05, 0) is 16.3 Å². The lowest BCUT2D eigenvalue weighted by Gasteiger charge is -2.08. The molecule has 0 bridgehead atoms. The highest BCUT2D eigenvalue weighted by molar-refractivity contribution is 9.09. The van der Waals surface area contributed by atoms with Gasteiger partial charge < -0.3 is 5.32 Å². The quantitative estimate of drug-likeness (QED) is 0.863. The van der Waals surface area contributed by atoms with Crippen LogP contribution in [-0.2, 0) is 11.2 Å². The molecule has 0 aromatic heterocycles. The van der Waals surface area contributed by atoms with Crippen LogP contribution in [0.4, 0.5) is 0 Å². The summed E-state index contributed by atoms with van der Waals surface area (Å²) in [5.41, 5.74) is 1.08. The van der Waals surface area contributed by atoms with Gasteiger partial charge in [0.25, 0.3) is 0 Å².